The lowest BCUT2D eigenvalue weighted by molar-refractivity contribution is -0.0167. The van der Waals surface area contributed by atoms with E-state index in [0.717, 1.165) is 26.4 Å². The molecule has 256 valence electrons. The van der Waals surface area contributed by atoms with Crippen LogP contribution in [0.15, 0.2) is 24.3 Å². The molecule has 0 rings (SSSR count). The van der Waals surface area contributed by atoms with E-state index in [1.807, 2.05) is 7.05 Å². The van der Waals surface area contributed by atoms with Crippen molar-refractivity contribution >= 4 is 0 Å². The normalized spacial score (nSPS) is 12.7. The monoisotopic (exact) mass is 606 g/mol. The van der Waals surface area contributed by atoms with Gasteiger partial charge in [0.15, 0.2) is 0 Å². The lowest BCUT2D eigenvalue weighted by atomic mass is 10.1. The molecule has 0 unspecified atom stereocenters. The van der Waals surface area contributed by atoms with Gasteiger partial charge in [0.05, 0.1) is 12.7 Å². The molecule has 0 aliphatic heterocycles. The topological polar surface area (TPSA) is 30.5 Å². The molecule has 0 bridgehead atoms. The van der Waals surface area contributed by atoms with Crippen molar-refractivity contribution in [2.24, 2.45) is 0 Å². The molecule has 0 heterocycles. The molecular weight excluding hydrogens is 526 g/mol. The van der Waals surface area contributed by atoms with Crippen molar-refractivity contribution in [2.75, 3.05) is 33.4 Å². The number of rotatable bonds is 37. The van der Waals surface area contributed by atoms with Gasteiger partial charge in [-0.15, -0.1) is 0 Å². The molecule has 0 saturated heterocycles. The molecule has 0 amide bonds. The van der Waals surface area contributed by atoms with Crippen LogP contribution in [0.4, 0.5) is 0 Å². The summed E-state index contributed by atoms with van der Waals surface area (Å²) in [4.78, 5) is 0. The number of allylic oxidation sites excluding steroid dienone is 4. The van der Waals surface area contributed by atoms with Crippen LogP contribution in [0.5, 0.6) is 0 Å². The molecule has 0 aliphatic carbocycles. The first-order valence-corrected chi connectivity index (χ1v) is 19.5. The highest BCUT2D eigenvalue weighted by Crippen LogP contribution is 2.12. The fourth-order valence-corrected chi connectivity index (χ4v) is 5.66. The standard InChI is InChI=1S/C40H79NO2/c1-4-6-8-10-12-14-16-18-20-22-24-26-28-30-32-34-36-42-39-40(38-41-3)43-37-35-33-31-29-27-25-23-21-19-17-15-13-11-9-7-5-2/h18-21,40-41H,4-17,22-39H2,1-3H3/b20-18-,21-19-/t40-/m1/s1. The van der Waals surface area contributed by atoms with Gasteiger partial charge in [0.2, 0.25) is 0 Å². The Labute approximate surface area is 271 Å². The van der Waals surface area contributed by atoms with Crippen molar-refractivity contribution < 1.29 is 9.47 Å². The molecule has 3 heteroatoms. The Morgan fingerprint density at radius 1 is 0.442 bits per heavy atom. The van der Waals surface area contributed by atoms with E-state index in [9.17, 15) is 0 Å². The van der Waals surface area contributed by atoms with E-state index in [2.05, 4.69) is 43.5 Å². The van der Waals surface area contributed by atoms with Crippen LogP contribution < -0.4 is 5.32 Å². The molecule has 0 aromatic carbocycles. The molecule has 3 nitrogen and oxygen atoms in total. The summed E-state index contributed by atoms with van der Waals surface area (Å²) in [6, 6.07) is 0. The van der Waals surface area contributed by atoms with Gasteiger partial charge >= 0.3 is 0 Å². The SMILES string of the molecule is CCCCCCCC/C=C\CCCCCCCCOC[C@@H](CNC)OCCCCCCCC/C=C\CCCCCCCC. The molecule has 43 heavy (non-hydrogen) atoms. The van der Waals surface area contributed by atoms with Crippen LogP contribution in [0.25, 0.3) is 0 Å². The summed E-state index contributed by atoms with van der Waals surface area (Å²) in [5.41, 5.74) is 0. The van der Waals surface area contributed by atoms with Crippen LogP contribution in [0, 0.1) is 0 Å². The van der Waals surface area contributed by atoms with Crippen molar-refractivity contribution in [2.45, 2.75) is 200 Å². The Balaban J connectivity index is 3.42. The predicted octanol–water partition coefficient (Wildman–Crippen LogP) is 12.7. The fraction of sp³-hybridized carbons (Fsp3) is 0.900. The minimum Gasteiger partial charge on any atom is -0.379 e. The molecule has 1 atom stereocenters. The van der Waals surface area contributed by atoms with E-state index >= 15 is 0 Å². The third-order valence-corrected chi connectivity index (χ3v) is 8.55. The van der Waals surface area contributed by atoms with Crippen LogP contribution in [0.3, 0.4) is 0 Å². The summed E-state index contributed by atoms with van der Waals surface area (Å²) in [6.45, 7) is 7.91. The van der Waals surface area contributed by atoms with Gasteiger partial charge in [-0.25, -0.2) is 0 Å². The second kappa shape index (κ2) is 39.4. The molecule has 0 radical (unpaired) electrons. The largest absolute Gasteiger partial charge is 0.379 e. The molecule has 0 aromatic rings. The van der Waals surface area contributed by atoms with Crippen LogP contribution in [-0.2, 0) is 9.47 Å². The maximum absolute atomic E-state index is 6.13. The Morgan fingerprint density at radius 2 is 0.791 bits per heavy atom. The van der Waals surface area contributed by atoms with Gasteiger partial charge in [0, 0.05) is 19.8 Å². The zero-order valence-corrected chi connectivity index (χ0v) is 29.8. The first-order chi connectivity index (χ1) is 21.3. The minimum atomic E-state index is 0.183. The van der Waals surface area contributed by atoms with Crippen LogP contribution in [0.1, 0.15) is 194 Å². The Hall–Kier alpha value is -0.640. The fourth-order valence-electron chi connectivity index (χ4n) is 5.66. The van der Waals surface area contributed by atoms with Crippen molar-refractivity contribution in [3.8, 4) is 0 Å². The van der Waals surface area contributed by atoms with Crippen molar-refractivity contribution in [1.82, 2.24) is 5.32 Å². The van der Waals surface area contributed by atoms with E-state index in [-0.39, 0.29) is 6.10 Å². The zero-order valence-electron chi connectivity index (χ0n) is 29.8. The summed E-state index contributed by atoms with van der Waals surface area (Å²) in [6.07, 6.45) is 47.5. The number of hydrogen-bond acceptors (Lipinski definition) is 3. The molecule has 0 fully saturated rings. The van der Waals surface area contributed by atoms with Gasteiger partial charge < -0.3 is 14.8 Å². The van der Waals surface area contributed by atoms with Gasteiger partial charge in [-0.2, -0.15) is 0 Å². The van der Waals surface area contributed by atoms with Crippen LogP contribution >= 0.6 is 0 Å². The van der Waals surface area contributed by atoms with Crippen molar-refractivity contribution in [1.29, 1.82) is 0 Å². The lowest BCUT2D eigenvalue weighted by Crippen LogP contribution is -2.31. The average Bonchev–Trinajstić information content (AvgIpc) is 3.01. The first kappa shape index (κ1) is 42.4. The molecule has 0 spiro atoms. The highest BCUT2D eigenvalue weighted by atomic mass is 16.5. The Bertz CT molecular complexity index is 547. The molecule has 0 aliphatic rings. The third-order valence-electron chi connectivity index (χ3n) is 8.55. The Kier molecular flexibility index (Phi) is 38.8. The second-order valence-electron chi connectivity index (χ2n) is 13.0. The number of likely N-dealkylation sites (N-methyl/N-ethyl adjacent to an activating group) is 1. The van der Waals surface area contributed by atoms with E-state index < -0.39 is 0 Å². The summed E-state index contributed by atoms with van der Waals surface area (Å²) >= 11 is 0. The second-order valence-corrected chi connectivity index (χ2v) is 13.0. The van der Waals surface area contributed by atoms with Gasteiger partial charge in [0.25, 0.3) is 0 Å². The van der Waals surface area contributed by atoms with E-state index in [0.29, 0.717) is 0 Å². The van der Waals surface area contributed by atoms with Crippen molar-refractivity contribution in [3.05, 3.63) is 24.3 Å². The molecule has 0 aromatic heterocycles. The predicted molar refractivity (Wildman–Crippen MR) is 193 cm³/mol. The number of nitrogens with one attached hydrogen (secondary N) is 1. The molecular formula is C40H79NO2. The van der Waals surface area contributed by atoms with E-state index in [1.54, 1.807) is 0 Å². The van der Waals surface area contributed by atoms with Crippen LogP contribution in [-0.4, -0.2) is 39.5 Å². The van der Waals surface area contributed by atoms with Gasteiger partial charge in [-0.05, 0) is 71.3 Å². The summed E-state index contributed by atoms with van der Waals surface area (Å²) in [7, 11) is 2.01. The van der Waals surface area contributed by atoms with E-state index in [4.69, 9.17) is 9.47 Å². The smallest absolute Gasteiger partial charge is 0.0932 e. The zero-order chi connectivity index (χ0) is 31.2. The molecule has 0 saturated carbocycles. The van der Waals surface area contributed by atoms with Crippen LogP contribution in [0.2, 0.25) is 0 Å². The first-order valence-electron chi connectivity index (χ1n) is 19.5. The highest BCUT2D eigenvalue weighted by molar-refractivity contribution is 4.82. The summed E-state index contributed by atoms with van der Waals surface area (Å²) in [5, 5.41) is 3.27. The van der Waals surface area contributed by atoms with E-state index in [1.165, 1.54) is 180 Å². The quantitative estimate of drug-likeness (QED) is 0.0564. The maximum atomic E-state index is 6.13. The lowest BCUT2D eigenvalue weighted by Gasteiger charge is -2.18. The highest BCUT2D eigenvalue weighted by Gasteiger charge is 2.08. The van der Waals surface area contributed by atoms with Gasteiger partial charge in [0.1, 0.15) is 0 Å². The Morgan fingerprint density at radius 3 is 1.19 bits per heavy atom. The third kappa shape index (κ3) is 37.5. The number of ether oxygens (including phenoxy) is 2. The summed E-state index contributed by atoms with van der Waals surface area (Å²) in [5.74, 6) is 0. The van der Waals surface area contributed by atoms with Crippen molar-refractivity contribution in [3.63, 3.8) is 0 Å². The minimum absolute atomic E-state index is 0.183. The van der Waals surface area contributed by atoms with Gasteiger partial charge in [-0.3, -0.25) is 0 Å². The van der Waals surface area contributed by atoms with Gasteiger partial charge in [-0.1, -0.05) is 154 Å². The summed E-state index contributed by atoms with van der Waals surface area (Å²) < 4.78 is 12.1. The molecule has 1 N–H and O–H groups in total. The number of unbranched alkanes of at least 4 members (excludes halogenated alkanes) is 24. The maximum Gasteiger partial charge on any atom is 0.0932 e. The average molecular weight is 606 g/mol. The number of hydrogen-bond donors (Lipinski definition) is 1.